The van der Waals surface area contributed by atoms with Crippen LogP contribution in [0.15, 0.2) is 53.1 Å². The first kappa shape index (κ1) is 12.5. The first-order chi connectivity index (χ1) is 10.2. The molecule has 2 heterocycles. The van der Waals surface area contributed by atoms with Crippen molar-refractivity contribution in [3.63, 3.8) is 0 Å². The van der Waals surface area contributed by atoms with Crippen LogP contribution in [0.1, 0.15) is 0 Å². The van der Waals surface area contributed by atoms with Crippen molar-refractivity contribution < 1.29 is 4.39 Å². The highest BCUT2D eigenvalue weighted by Gasteiger charge is 2.09. The quantitative estimate of drug-likeness (QED) is 0.546. The number of rotatable bonds is 1. The van der Waals surface area contributed by atoms with Gasteiger partial charge < -0.3 is 4.98 Å². The molecule has 0 amide bonds. The van der Waals surface area contributed by atoms with E-state index in [9.17, 15) is 4.39 Å². The van der Waals surface area contributed by atoms with Crippen molar-refractivity contribution in [3.05, 3.63) is 59.0 Å². The van der Waals surface area contributed by atoms with Crippen LogP contribution in [0.2, 0.25) is 0 Å². The molecule has 2 aromatic carbocycles. The molecule has 1 N–H and O–H groups in total. The molecule has 0 saturated carbocycles. The molecule has 0 aliphatic heterocycles. The highest BCUT2D eigenvalue weighted by atomic mass is 79.9. The Labute approximate surface area is 128 Å². The summed E-state index contributed by atoms with van der Waals surface area (Å²) in [5.41, 5.74) is 3.29. The lowest BCUT2D eigenvalue weighted by atomic mass is 10.1. The van der Waals surface area contributed by atoms with Gasteiger partial charge in [-0.3, -0.25) is 4.98 Å². The molecule has 0 aliphatic rings. The lowest BCUT2D eigenvalue weighted by Gasteiger charge is -1.99. The molecule has 5 heteroatoms. The number of H-pyrrole nitrogens is 1. The predicted molar refractivity (Wildman–Crippen MR) is 84.5 cm³/mol. The van der Waals surface area contributed by atoms with Gasteiger partial charge in [-0.25, -0.2) is 9.37 Å². The van der Waals surface area contributed by atoms with E-state index >= 15 is 0 Å². The second kappa shape index (κ2) is 4.63. The zero-order valence-electron chi connectivity index (χ0n) is 10.8. The van der Waals surface area contributed by atoms with Gasteiger partial charge in [-0.15, -0.1) is 0 Å². The van der Waals surface area contributed by atoms with E-state index in [-0.39, 0.29) is 5.82 Å². The van der Waals surface area contributed by atoms with Gasteiger partial charge in [0.25, 0.3) is 0 Å². The van der Waals surface area contributed by atoms with Crippen LogP contribution >= 0.6 is 15.9 Å². The van der Waals surface area contributed by atoms with E-state index in [4.69, 9.17) is 0 Å². The fraction of sp³-hybridized carbons (Fsp3) is 0. The fourth-order valence-electron chi connectivity index (χ4n) is 2.36. The average Bonchev–Trinajstić information content (AvgIpc) is 2.90. The van der Waals surface area contributed by atoms with Crippen molar-refractivity contribution in [3.8, 4) is 11.4 Å². The molecule has 0 bridgehead atoms. The Bertz CT molecular complexity index is 939. The molecule has 0 fully saturated rings. The van der Waals surface area contributed by atoms with Crippen molar-refractivity contribution in [2.24, 2.45) is 0 Å². The van der Waals surface area contributed by atoms with Crippen LogP contribution in [-0.4, -0.2) is 15.0 Å². The Kier molecular flexibility index (Phi) is 2.75. The summed E-state index contributed by atoms with van der Waals surface area (Å²) in [4.78, 5) is 12.0. The largest absolute Gasteiger partial charge is 0.338 e. The molecule has 4 rings (SSSR count). The highest BCUT2D eigenvalue weighted by Crippen LogP contribution is 2.26. The minimum atomic E-state index is -0.305. The number of nitrogens with zero attached hydrogens (tertiary/aromatic N) is 2. The van der Waals surface area contributed by atoms with Crippen LogP contribution in [0.3, 0.4) is 0 Å². The molecular weight excluding hydrogens is 333 g/mol. The van der Waals surface area contributed by atoms with Gasteiger partial charge in [-0.2, -0.15) is 0 Å². The first-order valence-electron chi connectivity index (χ1n) is 6.41. The third-order valence-corrected chi connectivity index (χ3v) is 4.01. The number of aromatic nitrogens is 3. The normalized spacial score (nSPS) is 11.3. The van der Waals surface area contributed by atoms with Gasteiger partial charge in [0, 0.05) is 23.2 Å². The number of aromatic amines is 1. The molecule has 102 valence electrons. The lowest BCUT2D eigenvalue weighted by molar-refractivity contribution is 0.623. The second-order valence-electron chi connectivity index (χ2n) is 4.78. The lowest BCUT2D eigenvalue weighted by Crippen LogP contribution is -1.82. The summed E-state index contributed by atoms with van der Waals surface area (Å²) in [6, 6.07) is 13.0. The van der Waals surface area contributed by atoms with Crippen LogP contribution in [-0.2, 0) is 0 Å². The predicted octanol–water partition coefficient (Wildman–Crippen LogP) is 4.68. The minimum absolute atomic E-state index is 0.305. The van der Waals surface area contributed by atoms with Crippen LogP contribution in [0.4, 0.5) is 4.39 Å². The number of hydrogen-bond acceptors (Lipinski definition) is 2. The van der Waals surface area contributed by atoms with Crippen molar-refractivity contribution in [1.29, 1.82) is 0 Å². The molecule has 21 heavy (non-hydrogen) atoms. The third-order valence-electron chi connectivity index (χ3n) is 3.40. The second-order valence-corrected chi connectivity index (χ2v) is 5.63. The van der Waals surface area contributed by atoms with Gasteiger partial charge in [0.2, 0.25) is 0 Å². The van der Waals surface area contributed by atoms with Gasteiger partial charge in [0.05, 0.1) is 21.0 Å². The molecule has 0 unspecified atom stereocenters. The van der Waals surface area contributed by atoms with E-state index in [1.54, 1.807) is 12.3 Å². The number of fused-ring (bicyclic) bond motifs is 2. The molecule has 0 saturated heterocycles. The minimum Gasteiger partial charge on any atom is -0.338 e. The van der Waals surface area contributed by atoms with Crippen molar-refractivity contribution in [1.82, 2.24) is 15.0 Å². The van der Waals surface area contributed by atoms with E-state index in [0.29, 0.717) is 15.8 Å². The van der Waals surface area contributed by atoms with Gasteiger partial charge >= 0.3 is 0 Å². The Balaban J connectivity index is 1.91. The van der Waals surface area contributed by atoms with Gasteiger partial charge in [-0.1, -0.05) is 6.07 Å². The number of imidazole rings is 1. The summed E-state index contributed by atoms with van der Waals surface area (Å²) in [6.45, 7) is 0. The van der Waals surface area contributed by atoms with Crippen LogP contribution < -0.4 is 0 Å². The van der Waals surface area contributed by atoms with Gasteiger partial charge in [-0.05, 0) is 46.3 Å². The van der Waals surface area contributed by atoms with Crippen LogP contribution in [0, 0.1) is 5.82 Å². The van der Waals surface area contributed by atoms with E-state index in [1.165, 1.54) is 6.07 Å². The number of nitrogens with one attached hydrogen (secondary N) is 1. The Morgan fingerprint density at radius 1 is 1.05 bits per heavy atom. The van der Waals surface area contributed by atoms with Crippen molar-refractivity contribution in [2.75, 3.05) is 0 Å². The number of pyridine rings is 1. The topological polar surface area (TPSA) is 41.6 Å². The van der Waals surface area contributed by atoms with E-state index in [2.05, 4.69) is 30.9 Å². The van der Waals surface area contributed by atoms with Crippen molar-refractivity contribution >= 4 is 37.9 Å². The molecule has 0 spiro atoms. The highest BCUT2D eigenvalue weighted by molar-refractivity contribution is 9.10. The van der Waals surface area contributed by atoms with Crippen molar-refractivity contribution in [2.45, 2.75) is 0 Å². The van der Waals surface area contributed by atoms with E-state index < -0.39 is 0 Å². The maximum atomic E-state index is 13.6. The summed E-state index contributed by atoms with van der Waals surface area (Å²) >= 11 is 3.18. The number of hydrogen-bond donors (Lipinski definition) is 1. The summed E-state index contributed by atoms with van der Waals surface area (Å²) in [6.07, 6.45) is 1.77. The fourth-order valence-corrected chi connectivity index (χ4v) is 2.70. The monoisotopic (exact) mass is 341 g/mol. The molecule has 2 aromatic heterocycles. The smallest absolute Gasteiger partial charge is 0.139 e. The standard InChI is InChI=1S/C16H9BrFN3/c17-11-7-14-15(8-12(11)18)21-16(20-14)10-3-4-13-9(6-10)2-1-5-19-13/h1-8H,(H,20,21). The SMILES string of the molecule is Fc1cc2[nH]c(-c3ccc4ncccc4c3)nc2cc1Br. The third kappa shape index (κ3) is 2.10. The Morgan fingerprint density at radius 2 is 1.95 bits per heavy atom. The van der Waals surface area contributed by atoms with E-state index in [0.717, 1.165) is 22.0 Å². The molecular formula is C16H9BrFN3. The number of benzene rings is 2. The van der Waals surface area contributed by atoms with Gasteiger partial charge in [0.1, 0.15) is 11.6 Å². The molecule has 0 atom stereocenters. The summed E-state index contributed by atoms with van der Waals surface area (Å²) in [7, 11) is 0. The summed E-state index contributed by atoms with van der Waals surface area (Å²) in [5, 5.41) is 1.04. The average molecular weight is 342 g/mol. The maximum Gasteiger partial charge on any atom is 0.139 e. The molecule has 4 aromatic rings. The van der Waals surface area contributed by atoms with E-state index in [1.807, 2.05) is 30.3 Å². The molecule has 0 aliphatic carbocycles. The summed E-state index contributed by atoms with van der Waals surface area (Å²) in [5.74, 6) is 0.411. The van der Waals surface area contributed by atoms with Crippen LogP contribution in [0.25, 0.3) is 33.3 Å². The van der Waals surface area contributed by atoms with Gasteiger partial charge in [0.15, 0.2) is 0 Å². The first-order valence-corrected chi connectivity index (χ1v) is 7.20. The maximum absolute atomic E-state index is 13.6. The Morgan fingerprint density at radius 3 is 2.86 bits per heavy atom. The molecule has 3 nitrogen and oxygen atoms in total. The zero-order chi connectivity index (χ0) is 14.4. The summed E-state index contributed by atoms with van der Waals surface area (Å²) < 4.78 is 14.0. The molecule has 0 radical (unpaired) electrons. The number of halogens is 2. The Hall–Kier alpha value is -2.27. The zero-order valence-corrected chi connectivity index (χ0v) is 12.4. The van der Waals surface area contributed by atoms with Crippen LogP contribution in [0.5, 0.6) is 0 Å².